The van der Waals surface area contributed by atoms with E-state index in [2.05, 4.69) is 0 Å². The molecule has 328 valence electrons. The number of benzene rings is 4. The Morgan fingerprint density at radius 1 is 0.508 bits per heavy atom. The van der Waals surface area contributed by atoms with Crippen molar-refractivity contribution in [3.63, 3.8) is 0 Å². The molecule has 4 aromatic rings. The summed E-state index contributed by atoms with van der Waals surface area (Å²) < 4.78 is 71.5. The summed E-state index contributed by atoms with van der Waals surface area (Å²) in [6.45, 7) is 7.80. The fourth-order valence-electron chi connectivity index (χ4n) is 8.61. The summed E-state index contributed by atoms with van der Waals surface area (Å²) in [6.07, 6.45) is -13.4. The molecule has 4 aliphatic heterocycles. The smallest absolute Gasteiger partial charge is 0.190 e. The number of methoxy groups -OCH3 is 1. The second-order valence-electron chi connectivity index (χ2n) is 16.9. The minimum Gasteiger partial charge on any atom is -0.387 e. The molecule has 13 atom stereocenters. The molecule has 13 heteroatoms. The monoisotopic (exact) mass is 842 g/mol. The van der Waals surface area contributed by atoms with E-state index in [0.717, 1.165) is 22.3 Å². The van der Waals surface area contributed by atoms with E-state index in [4.69, 9.17) is 52.1 Å². The highest BCUT2D eigenvalue weighted by Gasteiger charge is 2.63. The van der Waals surface area contributed by atoms with Gasteiger partial charge in [0.15, 0.2) is 24.2 Å². The van der Waals surface area contributed by atoms with E-state index in [9.17, 15) is 10.2 Å². The summed E-state index contributed by atoms with van der Waals surface area (Å²) >= 11 is 0. The van der Waals surface area contributed by atoms with Gasteiger partial charge in [-0.05, 0) is 49.9 Å². The molecule has 13 nitrogen and oxygen atoms in total. The van der Waals surface area contributed by atoms with Crippen LogP contribution in [0.25, 0.3) is 0 Å². The Balaban J connectivity index is 1.16. The number of aliphatic hydroxyl groups is 2. The lowest BCUT2D eigenvalue weighted by Gasteiger charge is -2.49. The highest BCUT2D eigenvalue weighted by Crippen LogP contribution is 2.46. The quantitative estimate of drug-likeness (QED) is 0.132. The van der Waals surface area contributed by atoms with Crippen LogP contribution < -0.4 is 0 Å². The number of aliphatic hydroxyl groups excluding tert-OH is 2. The number of hydrogen-bond acceptors (Lipinski definition) is 13. The lowest BCUT2D eigenvalue weighted by atomic mass is 9.86. The minimum absolute atomic E-state index is 0.0573. The summed E-state index contributed by atoms with van der Waals surface area (Å²) in [6, 6.07) is 38.9. The summed E-state index contributed by atoms with van der Waals surface area (Å²) in [5, 5.41) is 25.1. The van der Waals surface area contributed by atoms with Crippen LogP contribution in [0.1, 0.15) is 49.9 Å². The zero-order chi connectivity index (χ0) is 42.6. The molecule has 4 heterocycles. The van der Waals surface area contributed by atoms with Gasteiger partial charge < -0.3 is 62.3 Å². The predicted octanol–water partition coefficient (Wildman–Crippen LogP) is 5.82. The van der Waals surface area contributed by atoms with Crippen molar-refractivity contribution in [1.82, 2.24) is 0 Å². The fourth-order valence-corrected chi connectivity index (χ4v) is 8.61. The van der Waals surface area contributed by atoms with Gasteiger partial charge in [-0.2, -0.15) is 0 Å². The van der Waals surface area contributed by atoms with Crippen LogP contribution in [0.3, 0.4) is 0 Å². The van der Waals surface area contributed by atoms with Gasteiger partial charge in [0.05, 0.1) is 26.4 Å². The van der Waals surface area contributed by atoms with E-state index in [1.165, 1.54) is 7.11 Å². The third-order valence-corrected chi connectivity index (χ3v) is 11.4. The number of fused-ring (bicyclic) bond motifs is 3. The molecule has 0 spiro atoms. The topological polar surface area (TPSA) is 142 Å². The molecule has 0 radical (unpaired) electrons. The highest BCUT2D eigenvalue weighted by molar-refractivity contribution is 5.17. The van der Waals surface area contributed by atoms with Gasteiger partial charge in [0.2, 0.25) is 0 Å². The van der Waals surface area contributed by atoms with Gasteiger partial charge in [-0.15, -0.1) is 0 Å². The van der Waals surface area contributed by atoms with E-state index >= 15 is 0 Å². The average molecular weight is 843 g/mol. The van der Waals surface area contributed by atoms with Crippen molar-refractivity contribution in [2.75, 3.05) is 7.11 Å². The molecule has 0 aliphatic carbocycles. The molecule has 4 aromatic carbocycles. The SMILES string of the molecule is CO[C@H]1O[C@H]([C@H](OCc2ccccc2)[C@H](O)[C@@H](O)[C@H]2O[C@@H]3OC(C)(C)O[C@@H]3[C@H]3OC(C)(C)O[C@H]32)[C@@H](OCc2ccccc2)[C@H](OCc2ccccc2)[C@H]1OCc1ccccc1. The molecule has 0 aromatic heterocycles. The third-order valence-electron chi connectivity index (χ3n) is 11.4. The van der Waals surface area contributed by atoms with Crippen LogP contribution in [0, 0.1) is 0 Å². The van der Waals surface area contributed by atoms with Crippen molar-refractivity contribution >= 4 is 0 Å². The maximum absolute atomic E-state index is 12.7. The Morgan fingerprint density at radius 3 is 1.48 bits per heavy atom. The van der Waals surface area contributed by atoms with Gasteiger partial charge in [0.1, 0.15) is 67.1 Å². The lowest BCUT2D eigenvalue weighted by Crippen LogP contribution is -2.67. The van der Waals surface area contributed by atoms with Crippen molar-refractivity contribution in [2.24, 2.45) is 0 Å². The summed E-state index contributed by atoms with van der Waals surface area (Å²) in [4.78, 5) is 0. The molecule has 4 fully saturated rings. The molecule has 0 amide bonds. The first-order valence-corrected chi connectivity index (χ1v) is 21.0. The zero-order valence-electron chi connectivity index (χ0n) is 35.3. The highest BCUT2D eigenvalue weighted by atomic mass is 16.9. The molecule has 0 saturated carbocycles. The van der Waals surface area contributed by atoms with Gasteiger partial charge in [-0.3, -0.25) is 0 Å². The maximum atomic E-state index is 12.7. The molecule has 4 aliphatic rings. The van der Waals surface area contributed by atoms with Crippen molar-refractivity contribution in [3.8, 4) is 0 Å². The first kappa shape index (κ1) is 44.0. The van der Waals surface area contributed by atoms with Gasteiger partial charge in [0, 0.05) is 7.11 Å². The molecular weight excluding hydrogens is 785 g/mol. The number of hydrogen-bond donors (Lipinski definition) is 2. The molecule has 0 bridgehead atoms. The maximum Gasteiger partial charge on any atom is 0.190 e. The molecule has 2 N–H and O–H groups in total. The largest absolute Gasteiger partial charge is 0.387 e. The van der Waals surface area contributed by atoms with Crippen molar-refractivity contribution in [1.29, 1.82) is 0 Å². The predicted molar refractivity (Wildman–Crippen MR) is 220 cm³/mol. The van der Waals surface area contributed by atoms with E-state index in [1.807, 2.05) is 121 Å². The standard InChI is InChI=1S/C48H58O13/c1-47(2)58-41-37(56-46-44(42(41)59-47)60-48(3,4)61-46)35(50)34(49)36(52-26-30-18-10-6-11-19-30)40-38(53-27-31-20-12-7-13-21-31)39(54-28-32-22-14-8-15-23-32)43(45(51-5)57-40)55-29-33-24-16-9-17-25-33/h6-25,34-46,49-50H,26-29H2,1-5H3/t34-,35-,36-,37-,38+,39+,40-,41+,42+,43-,44-,45+,46-/m1/s1. The van der Waals surface area contributed by atoms with Gasteiger partial charge in [-0.1, -0.05) is 121 Å². The Kier molecular flexibility index (Phi) is 14.0. The molecular formula is C48H58O13. The van der Waals surface area contributed by atoms with Gasteiger partial charge in [0.25, 0.3) is 0 Å². The van der Waals surface area contributed by atoms with Gasteiger partial charge in [-0.25, -0.2) is 0 Å². The van der Waals surface area contributed by atoms with E-state index in [-0.39, 0.29) is 26.4 Å². The molecule has 0 unspecified atom stereocenters. The Hall–Kier alpha value is -3.64. The molecule has 8 rings (SSSR count). The van der Waals surface area contributed by atoms with Crippen LogP contribution in [0.15, 0.2) is 121 Å². The van der Waals surface area contributed by atoms with Crippen molar-refractivity contribution < 1.29 is 62.3 Å². The Morgan fingerprint density at radius 2 is 0.951 bits per heavy atom. The Bertz CT molecular complexity index is 1940. The lowest BCUT2D eigenvalue weighted by molar-refractivity contribution is -0.341. The molecule has 4 saturated heterocycles. The van der Waals surface area contributed by atoms with Crippen molar-refractivity contribution in [3.05, 3.63) is 144 Å². The number of rotatable bonds is 17. The van der Waals surface area contributed by atoms with E-state index in [0.29, 0.717) is 0 Å². The van der Waals surface area contributed by atoms with E-state index < -0.39 is 91.3 Å². The second kappa shape index (κ2) is 19.4. The normalized spacial score (nSPS) is 31.8. The van der Waals surface area contributed by atoms with Crippen LogP contribution in [-0.2, 0) is 78.5 Å². The third kappa shape index (κ3) is 10.4. The van der Waals surface area contributed by atoms with Crippen LogP contribution in [0.4, 0.5) is 0 Å². The summed E-state index contributed by atoms with van der Waals surface area (Å²) in [5.41, 5.74) is 3.61. The minimum atomic E-state index is -1.66. The Labute approximate surface area is 357 Å². The van der Waals surface area contributed by atoms with E-state index in [1.54, 1.807) is 27.7 Å². The zero-order valence-corrected chi connectivity index (χ0v) is 35.3. The van der Waals surface area contributed by atoms with Gasteiger partial charge >= 0.3 is 0 Å². The first-order chi connectivity index (χ1) is 29.5. The first-order valence-electron chi connectivity index (χ1n) is 21.0. The molecule has 61 heavy (non-hydrogen) atoms. The summed E-state index contributed by atoms with van der Waals surface area (Å²) in [5.74, 6) is -2.03. The van der Waals surface area contributed by atoms with Crippen LogP contribution in [-0.4, -0.2) is 109 Å². The van der Waals surface area contributed by atoms with Crippen LogP contribution in [0.2, 0.25) is 0 Å². The average Bonchev–Trinajstić information content (AvgIpc) is 3.78. The number of ether oxygens (including phenoxy) is 11. The van der Waals surface area contributed by atoms with Crippen LogP contribution in [0.5, 0.6) is 0 Å². The van der Waals surface area contributed by atoms with Crippen LogP contribution >= 0.6 is 0 Å². The summed E-state index contributed by atoms with van der Waals surface area (Å²) in [7, 11) is 1.53. The second-order valence-corrected chi connectivity index (χ2v) is 16.9. The fraction of sp³-hybridized carbons (Fsp3) is 0.500. The van der Waals surface area contributed by atoms with Crippen molar-refractivity contribution in [2.45, 2.75) is 145 Å².